The Labute approximate surface area is 125 Å². The molecule has 0 saturated heterocycles. The van der Waals surface area contributed by atoms with Crippen LogP contribution in [0.5, 0.6) is 0 Å². The number of rotatable bonds is 15. The van der Waals surface area contributed by atoms with E-state index >= 15 is 0 Å². The van der Waals surface area contributed by atoms with Crippen LogP contribution in [-0.4, -0.2) is 16.9 Å². The molecule has 0 aliphatic rings. The molecule has 0 saturated carbocycles. The van der Waals surface area contributed by atoms with E-state index < -0.39 is 0 Å². The zero-order valence-corrected chi connectivity index (χ0v) is 15.3. The Bertz CT molecular complexity index is 118. The minimum atomic E-state index is 1.37. The summed E-state index contributed by atoms with van der Waals surface area (Å²) >= 11 is 1.90. The summed E-state index contributed by atoms with van der Waals surface area (Å²) in [6.07, 6.45) is 22.1. The van der Waals surface area contributed by atoms with Crippen LogP contribution < -0.4 is 0 Å². The van der Waals surface area contributed by atoms with Crippen molar-refractivity contribution in [2.24, 2.45) is 0 Å². The SMILES string of the molecule is CCCCCCCCCCCCCCCCC[AsH2]. The van der Waals surface area contributed by atoms with Gasteiger partial charge in [-0.05, 0) is 0 Å². The van der Waals surface area contributed by atoms with Crippen LogP contribution in [-0.2, 0) is 0 Å². The Balaban J connectivity index is 2.86. The third kappa shape index (κ3) is 16.6. The first kappa shape index (κ1) is 18.6. The summed E-state index contributed by atoms with van der Waals surface area (Å²) in [6.45, 7) is 2.29. The van der Waals surface area contributed by atoms with Gasteiger partial charge in [-0.15, -0.1) is 0 Å². The minimum absolute atomic E-state index is 1.37. The van der Waals surface area contributed by atoms with Crippen molar-refractivity contribution in [3.8, 4) is 0 Å². The normalized spacial score (nSPS) is 11.0. The summed E-state index contributed by atoms with van der Waals surface area (Å²) in [5.41, 5.74) is 0. The zero-order valence-electron chi connectivity index (χ0n) is 12.9. The van der Waals surface area contributed by atoms with Gasteiger partial charge in [-0.1, -0.05) is 32.6 Å². The van der Waals surface area contributed by atoms with Crippen LogP contribution >= 0.6 is 0 Å². The molecule has 0 aromatic carbocycles. The Morgan fingerprint density at radius 1 is 0.444 bits per heavy atom. The van der Waals surface area contributed by atoms with E-state index in [9.17, 15) is 0 Å². The molecule has 1 atom stereocenters. The quantitative estimate of drug-likeness (QED) is 0.260. The molecule has 0 bridgehead atoms. The second kappa shape index (κ2) is 17.6. The molecule has 0 aromatic rings. The van der Waals surface area contributed by atoms with Crippen LogP contribution in [0.25, 0.3) is 0 Å². The van der Waals surface area contributed by atoms with Crippen molar-refractivity contribution in [3.05, 3.63) is 0 Å². The van der Waals surface area contributed by atoms with Gasteiger partial charge >= 0.3 is 92.7 Å². The van der Waals surface area contributed by atoms with Crippen LogP contribution in [0.4, 0.5) is 0 Å². The standard InChI is InChI=1S/C17H37As/c1-2-3-4-5-6-7-8-9-10-11-12-13-14-15-16-17-18/h2-18H2,1H3. The zero-order chi connectivity index (χ0) is 13.3. The predicted molar refractivity (Wildman–Crippen MR) is 88.3 cm³/mol. The molecule has 0 aromatic heterocycles. The molecule has 110 valence electrons. The molecule has 0 nitrogen and oxygen atoms in total. The van der Waals surface area contributed by atoms with E-state index in [1.54, 1.807) is 0 Å². The third-order valence-corrected chi connectivity index (χ3v) is 4.66. The molecule has 1 unspecified atom stereocenters. The van der Waals surface area contributed by atoms with E-state index in [0.717, 1.165) is 0 Å². The molecule has 0 rings (SSSR count). The molecular formula is C17H37As. The number of unbranched alkanes of at least 4 members (excludes halogenated alkanes) is 14. The Morgan fingerprint density at radius 2 is 0.722 bits per heavy atom. The molecule has 0 aliphatic carbocycles. The van der Waals surface area contributed by atoms with Crippen molar-refractivity contribution in [2.45, 2.75) is 108 Å². The molecule has 1 heteroatoms. The fourth-order valence-corrected chi connectivity index (χ4v) is 3.12. The van der Waals surface area contributed by atoms with Gasteiger partial charge in [0.05, 0.1) is 0 Å². The van der Waals surface area contributed by atoms with Crippen molar-refractivity contribution in [2.75, 3.05) is 0 Å². The number of hydrogen-bond donors (Lipinski definition) is 0. The van der Waals surface area contributed by atoms with E-state index in [2.05, 4.69) is 6.92 Å². The van der Waals surface area contributed by atoms with Crippen molar-refractivity contribution < 1.29 is 0 Å². The average molecular weight is 316 g/mol. The molecule has 0 amide bonds. The topological polar surface area (TPSA) is 0 Å². The fraction of sp³-hybridized carbons (Fsp3) is 1.00. The van der Waals surface area contributed by atoms with E-state index in [1.807, 2.05) is 16.9 Å². The average Bonchev–Trinajstić information content (AvgIpc) is 2.39. The van der Waals surface area contributed by atoms with Crippen molar-refractivity contribution in [1.82, 2.24) is 0 Å². The van der Waals surface area contributed by atoms with Gasteiger partial charge in [0.2, 0.25) is 0 Å². The summed E-state index contributed by atoms with van der Waals surface area (Å²) in [7, 11) is 0. The van der Waals surface area contributed by atoms with Gasteiger partial charge in [0.25, 0.3) is 0 Å². The molecule has 0 radical (unpaired) electrons. The summed E-state index contributed by atoms with van der Waals surface area (Å²) < 4.78 is 0. The molecule has 0 spiro atoms. The summed E-state index contributed by atoms with van der Waals surface area (Å²) in [5.74, 6) is 0. The molecule has 0 aliphatic heterocycles. The Hall–Kier alpha value is 0.558. The monoisotopic (exact) mass is 316 g/mol. The molecule has 0 fully saturated rings. The second-order valence-electron chi connectivity index (χ2n) is 5.74. The fourth-order valence-electron chi connectivity index (χ4n) is 2.52. The van der Waals surface area contributed by atoms with Crippen LogP contribution in [0, 0.1) is 0 Å². The van der Waals surface area contributed by atoms with E-state index in [4.69, 9.17) is 0 Å². The van der Waals surface area contributed by atoms with Gasteiger partial charge in [-0.2, -0.15) is 0 Å². The predicted octanol–water partition coefficient (Wildman–Crippen LogP) is 5.91. The molecule has 0 N–H and O–H groups in total. The van der Waals surface area contributed by atoms with Gasteiger partial charge in [0.1, 0.15) is 0 Å². The molecular weight excluding hydrogens is 279 g/mol. The van der Waals surface area contributed by atoms with Gasteiger partial charge in [0.15, 0.2) is 0 Å². The molecule has 18 heavy (non-hydrogen) atoms. The second-order valence-corrected chi connectivity index (χ2v) is 6.95. The van der Waals surface area contributed by atoms with Crippen LogP contribution in [0.2, 0.25) is 5.21 Å². The Morgan fingerprint density at radius 3 is 1.00 bits per heavy atom. The van der Waals surface area contributed by atoms with Crippen molar-refractivity contribution in [3.63, 3.8) is 0 Å². The van der Waals surface area contributed by atoms with Crippen molar-refractivity contribution in [1.29, 1.82) is 0 Å². The van der Waals surface area contributed by atoms with E-state index in [1.165, 1.54) is 102 Å². The van der Waals surface area contributed by atoms with Crippen LogP contribution in [0.1, 0.15) is 103 Å². The van der Waals surface area contributed by atoms with Gasteiger partial charge in [-0.3, -0.25) is 0 Å². The first-order valence-corrected chi connectivity index (χ1v) is 10.3. The van der Waals surface area contributed by atoms with E-state index in [0.29, 0.717) is 0 Å². The number of hydrogen-bond acceptors (Lipinski definition) is 0. The van der Waals surface area contributed by atoms with Gasteiger partial charge in [0, 0.05) is 0 Å². The molecule has 0 heterocycles. The van der Waals surface area contributed by atoms with E-state index in [-0.39, 0.29) is 0 Å². The van der Waals surface area contributed by atoms with Crippen molar-refractivity contribution >= 4 is 16.9 Å². The summed E-state index contributed by atoms with van der Waals surface area (Å²) in [5, 5.41) is 1.44. The maximum absolute atomic E-state index is 2.29. The maximum atomic E-state index is 2.29. The first-order chi connectivity index (χ1) is 8.91. The summed E-state index contributed by atoms with van der Waals surface area (Å²) in [6, 6.07) is 0. The van der Waals surface area contributed by atoms with Gasteiger partial charge < -0.3 is 0 Å². The first-order valence-electron chi connectivity index (χ1n) is 8.62. The van der Waals surface area contributed by atoms with Gasteiger partial charge in [-0.25, -0.2) is 0 Å². The third-order valence-electron chi connectivity index (χ3n) is 3.81. The summed E-state index contributed by atoms with van der Waals surface area (Å²) in [4.78, 5) is 0. The van der Waals surface area contributed by atoms with Crippen LogP contribution in [0.15, 0.2) is 0 Å². The van der Waals surface area contributed by atoms with Crippen LogP contribution in [0.3, 0.4) is 0 Å². The Kier molecular flexibility index (Phi) is 18.1.